The van der Waals surface area contributed by atoms with Crippen molar-refractivity contribution in [3.05, 3.63) is 86.7 Å². The lowest BCUT2D eigenvalue weighted by Crippen LogP contribution is -2.29. The third-order valence-electron chi connectivity index (χ3n) is 4.55. The fourth-order valence-corrected chi connectivity index (χ4v) is 3.54. The number of benzene rings is 2. The van der Waals surface area contributed by atoms with Crippen LogP contribution in [0.2, 0.25) is 0 Å². The number of amides is 1. The number of furan rings is 1. The summed E-state index contributed by atoms with van der Waals surface area (Å²) in [5.41, 5.74) is 2.86. The zero-order valence-corrected chi connectivity index (χ0v) is 16.8. The minimum Gasteiger partial charge on any atom is -0.451 e. The number of nitrogens with zero attached hydrogens (tertiary/aromatic N) is 2. The summed E-state index contributed by atoms with van der Waals surface area (Å²) in [6.45, 7) is 0. The number of halogens is 1. The molecule has 0 unspecified atom stereocenters. The molecule has 2 aromatic carbocycles. The number of fused-ring (bicyclic) bond motifs is 1. The van der Waals surface area contributed by atoms with Gasteiger partial charge in [-0.2, -0.15) is 0 Å². The van der Waals surface area contributed by atoms with Crippen LogP contribution >= 0.6 is 15.9 Å². The summed E-state index contributed by atoms with van der Waals surface area (Å²) in [5, 5.41) is 11.9. The number of hydrazine groups is 1. The number of nitrogens with two attached hydrogens (primary N) is 1. The number of rotatable bonds is 4. The third-order valence-corrected chi connectivity index (χ3v) is 5.04. The zero-order chi connectivity index (χ0) is 21.4. The average Bonchev–Trinajstić information content (AvgIpc) is 3.38. The van der Waals surface area contributed by atoms with E-state index in [0.29, 0.717) is 15.4 Å². The maximum absolute atomic E-state index is 13.1. The fourth-order valence-electron chi connectivity index (χ4n) is 3.19. The van der Waals surface area contributed by atoms with E-state index in [1.807, 2.05) is 0 Å². The molecular weight excluding hydrogens is 456 g/mol. The first kappa shape index (κ1) is 19.6. The Morgan fingerprint density at radius 1 is 1.13 bits per heavy atom. The fraction of sp³-hybridized carbons (Fsp3) is 0. The van der Waals surface area contributed by atoms with Crippen molar-refractivity contribution in [3.8, 4) is 11.3 Å². The van der Waals surface area contributed by atoms with E-state index in [2.05, 4.69) is 21.4 Å². The molecule has 0 fully saturated rings. The lowest BCUT2D eigenvalue weighted by Gasteiger charge is -2.02. The van der Waals surface area contributed by atoms with Crippen molar-refractivity contribution in [2.45, 2.75) is 0 Å². The Hall–Kier alpha value is -3.76. The van der Waals surface area contributed by atoms with Gasteiger partial charge < -0.3 is 4.42 Å². The van der Waals surface area contributed by atoms with Gasteiger partial charge in [0.2, 0.25) is 0 Å². The lowest BCUT2D eigenvalue weighted by atomic mass is 10.1. The third kappa shape index (κ3) is 3.27. The highest BCUT2D eigenvalue weighted by Crippen LogP contribution is 2.34. The number of nitro groups is 1. The lowest BCUT2D eigenvalue weighted by molar-refractivity contribution is -0.384. The van der Waals surface area contributed by atoms with Gasteiger partial charge >= 0.3 is 0 Å². The number of hydrogen-bond donors (Lipinski definition) is 2. The predicted molar refractivity (Wildman–Crippen MR) is 112 cm³/mol. The summed E-state index contributed by atoms with van der Waals surface area (Å²) in [4.78, 5) is 36.0. The smallest absolute Gasteiger partial charge is 0.298 e. The molecule has 0 radical (unpaired) electrons. The van der Waals surface area contributed by atoms with Gasteiger partial charge in [0.25, 0.3) is 17.5 Å². The van der Waals surface area contributed by atoms with Gasteiger partial charge in [0.05, 0.1) is 21.6 Å². The Morgan fingerprint density at radius 3 is 2.63 bits per heavy atom. The van der Waals surface area contributed by atoms with Crippen LogP contribution in [0.5, 0.6) is 0 Å². The topological polar surface area (TPSA) is 133 Å². The van der Waals surface area contributed by atoms with Crippen molar-refractivity contribution < 1.29 is 18.9 Å². The van der Waals surface area contributed by atoms with Gasteiger partial charge in [-0.25, -0.2) is 5.84 Å². The normalized spacial score (nSPS) is 10.9. The van der Waals surface area contributed by atoms with Crippen LogP contribution in [-0.4, -0.2) is 21.3 Å². The van der Waals surface area contributed by atoms with Gasteiger partial charge in [-0.1, -0.05) is 34.1 Å². The van der Waals surface area contributed by atoms with Crippen molar-refractivity contribution in [3.63, 3.8) is 0 Å². The number of carbonyl (C=O) groups is 2. The molecule has 30 heavy (non-hydrogen) atoms. The molecule has 4 rings (SSSR count). The van der Waals surface area contributed by atoms with E-state index in [4.69, 9.17) is 10.3 Å². The van der Waals surface area contributed by atoms with E-state index in [1.165, 1.54) is 35.0 Å². The molecule has 4 aromatic rings. The molecule has 150 valence electrons. The van der Waals surface area contributed by atoms with E-state index in [0.717, 1.165) is 0 Å². The summed E-state index contributed by atoms with van der Waals surface area (Å²) < 4.78 is 7.47. The number of carbonyl (C=O) groups excluding carboxylic acids is 2. The second-order valence-corrected chi connectivity index (χ2v) is 7.21. The summed E-state index contributed by atoms with van der Waals surface area (Å²) in [7, 11) is 0. The first-order valence-electron chi connectivity index (χ1n) is 8.60. The zero-order valence-electron chi connectivity index (χ0n) is 15.2. The molecule has 0 aliphatic heterocycles. The van der Waals surface area contributed by atoms with E-state index >= 15 is 0 Å². The van der Waals surface area contributed by atoms with Crippen LogP contribution in [0.25, 0.3) is 22.2 Å². The van der Waals surface area contributed by atoms with Gasteiger partial charge in [-0.05, 0) is 30.3 Å². The number of hydrogen-bond acceptors (Lipinski definition) is 6. The van der Waals surface area contributed by atoms with Gasteiger partial charge in [0, 0.05) is 22.1 Å². The maximum atomic E-state index is 13.1. The number of nitrogen functional groups attached to an aromatic ring is 1. The van der Waals surface area contributed by atoms with Crippen LogP contribution in [0, 0.1) is 10.1 Å². The van der Waals surface area contributed by atoms with Crippen molar-refractivity contribution in [2.75, 3.05) is 0 Å². The Balaban J connectivity index is 1.78. The average molecular weight is 469 g/mol. The van der Waals surface area contributed by atoms with Gasteiger partial charge in [-0.3, -0.25) is 29.7 Å². The highest BCUT2D eigenvalue weighted by Gasteiger charge is 2.23. The molecule has 0 aliphatic carbocycles. The SMILES string of the molecule is NNC(=O)c1cn(C(=O)c2ccc(-c3ccc(Br)cc3[N+](=O)[O-])o2)c2ccccc12. The van der Waals surface area contributed by atoms with Crippen molar-refractivity contribution in [1.82, 2.24) is 9.99 Å². The molecule has 0 atom stereocenters. The highest BCUT2D eigenvalue weighted by molar-refractivity contribution is 9.10. The first-order valence-corrected chi connectivity index (χ1v) is 9.40. The Kier molecular flexibility index (Phi) is 4.94. The largest absolute Gasteiger partial charge is 0.451 e. The minimum absolute atomic E-state index is 0.0392. The number of nitrogens with one attached hydrogen (secondary N) is 1. The highest BCUT2D eigenvalue weighted by atomic mass is 79.9. The van der Waals surface area contributed by atoms with E-state index in [1.54, 1.807) is 30.3 Å². The molecule has 3 N–H and O–H groups in total. The monoisotopic (exact) mass is 468 g/mol. The Labute approximate surface area is 177 Å². The van der Waals surface area contributed by atoms with Gasteiger partial charge in [-0.15, -0.1) is 0 Å². The molecule has 0 saturated carbocycles. The van der Waals surface area contributed by atoms with Crippen LogP contribution < -0.4 is 11.3 Å². The second-order valence-electron chi connectivity index (χ2n) is 6.29. The van der Waals surface area contributed by atoms with Gasteiger partial charge in [0.1, 0.15) is 5.76 Å². The molecule has 10 heteroatoms. The van der Waals surface area contributed by atoms with Crippen LogP contribution in [0.1, 0.15) is 20.9 Å². The first-order chi connectivity index (χ1) is 14.4. The predicted octanol–water partition coefficient (Wildman–Crippen LogP) is 3.86. The summed E-state index contributed by atoms with van der Waals surface area (Å²) in [6, 6.07) is 14.3. The van der Waals surface area contributed by atoms with Crippen molar-refractivity contribution in [1.29, 1.82) is 0 Å². The molecular formula is C20H13BrN4O5. The molecule has 1 amide bonds. The molecule has 0 saturated heterocycles. The molecule has 0 aliphatic rings. The summed E-state index contributed by atoms with van der Waals surface area (Å²) in [6.07, 6.45) is 1.37. The van der Waals surface area contributed by atoms with Crippen molar-refractivity contribution in [2.24, 2.45) is 5.84 Å². The molecule has 9 nitrogen and oxygen atoms in total. The minimum atomic E-state index is -0.539. The summed E-state index contributed by atoms with van der Waals surface area (Å²) >= 11 is 3.20. The van der Waals surface area contributed by atoms with Crippen LogP contribution in [0.4, 0.5) is 5.69 Å². The van der Waals surface area contributed by atoms with Crippen LogP contribution in [-0.2, 0) is 0 Å². The van der Waals surface area contributed by atoms with E-state index in [9.17, 15) is 19.7 Å². The molecule has 2 aromatic heterocycles. The van der Waals surface area contributed by atoms with E-state index < -0.39 is 16.7 Å². The molecule has 0 spiro atoms. The Morgan fingerprint density at radius 2 is 1.90 bits per heavy atom. The number of aromatic nitrogens is 1. The van der Waals surface area contributed by atoms with Crippen LogP contribution in [0.3, 0.4) is 0 Å². The quantitative estimate of drug-likeness (QED) is 0.202. The Bertz CT molecular complexity index is 1320. The number of nitro benzene ring substituents is 1. The van der Waals surface area contributed by atoms with Crippen LogP contribution in [0.15, 0.2) is 69.7 Å². The number of para-hydroxylation sites is 1. The van der Waals surface area contributed by atoms with E-state index in [-0.39, 0.29) is 28.3 Å². The molecule has 2 heterocycles. The van der Waals surface area contributed by atoms with Crippen molar-refractivity contribution >= 4 is 44.3 Å². The van der Waals surface area contributed by atoms with Gasteiger partial charge in [0.15, 0.2) is 5.76 Å². The molecule has 0 bridgehead atoms. The maximum Gasteiger partial charge on any atom is 0.298 e. The second kappa shape index (κ2) is 7.58. The standard InChI is InChI=1S/C20H13BrN4O5/c21-11-5-6-13(16(9-11)25(28)29)17-7-8-18(30-17)20(27)24-10-14(19(26)23-22)12-3-1-2-4-15(12)24/h1-10H,22H2,(H,23,26). The summed E-state index contributed by atoms with van der Waals surface area (Å²) in [5.74, 6) is 4.30.